The SMILES string of the molecule is CCCCCCCCCCC/C=C\C(OC(=O)CCCCCCCCCCCCCCCCCCCCCCCCCCC)C(COP(=O)([O-])OCC[N+](C)(C)C)NC(=O)CCCCCCCCCCCCCCCC. The lowest BCUT2D eigenvalue weighted by Crippen LogP contribution is -2.47. The van der Waals surface area contributed by atoms with Crippen molar-refractivity contribution in [3.63, 3.8) is 0 Å². The standard InChI is InChI=1S/C66H131N2O7P/c1-7-10-13-16-19-22-25-27-29-30-31-32-33-34-35-36-37-38-39-41-44-47-50-53-56-59-66(70)75-64(57-54-51-48-45-42-24-21-18-15-12-9-3)63(62-74-76(71,72)73-61-60-68(4,5)6)67-65(69)58-55-52-49-46-43-40-28-26-23-20-17-14-11-8-2/h54,57,63-64H,7-53,55-56,58-62H2,1-6H3,(H-,67,69,71,72)/b57-54-. The zero-order valence-corrected chi connectivity index (χ0v) is 52.6. The zero-order valence-electron chi connectivity index (χ0n) is 51.7. The van der Waals surface area contributed by atoms with E-state index in [9.17, 15) is 19.0 Å². The fourth-order valence-corrected chi connectivity index (χ4v) is 11.0. The first-order valence-corrected chi connectivity index (χ1v) is 35.0. The van der Waals surface area contributed by atoms with Crippen molar-refractivity contribution in [1.29, 1.82) is 0 Å². The molecular formula is C66H131N2O7P. The maximum atomic E-state index is 13.5. The number of unbranched alkanes of at least 4 members (excludes halogenated alkanes) is 46. The minimum atomic E-state index is -4.69. The van der Waals surface area contributed by atoms with Gasteiger partial charge in [-0.05, 0) is 31.8 Å². The van der Waals surface area contributed by atoms with Crippen molar-refractivity contribution in [2.45, 2.75) is 360 Å². The molecule has 0 aromatic rings. The van der Waals surface area contributed by atoms with Gasteiger partial charge in [-0.25, -0.2) is 0 Å². The topological polar surface area (TPSA) is 114 Å². The van der Waals surface area contributed by atoms with Crippen molar-refractivity contribution in [3.8, 4) is 0 Å². The van der Waals surface area contributed by atoms with Gasteiger partial charge in [-0.2, -0.15) is 0 Å². The third-order valence-corrected chi connectivity index (χ3v) is 16.4. The van der Waals surface area contributed by atoms with Gasteiger partial charge in [0, 0.05) is 12.8 Å². The van der Waals surface area contributed by atoms with Crippen LogP contribution in [0.2, 0.25) is 0 Å². The highest BCUT2D eigenvalue weighted by molar-refractivity contribution is 7.45. The van der Waals surface area contributed by atoms with Gasteiger partial charge in [0.25, 0.3) is 7.82 Å². The zero-order chi connectivity index (χ0) is 55.7. The summed E-state index contributed by atoms with van der Waals surface area (Å²) < 4.78 is 30.3. The summed E-state index contributed by atoms with van der Waals surface area (Å²) in [6.07, 6.45) is 66.2. The van der Waals surface area contributed by atoms with Crippen LogP contribution in [0.15, 0.2) is 12.2 Å². The van der Waals surface area contributed by atoms with Crippen LogP contribution in [-0.4, -0.2) is 69.4 Å². The molecule has 0 aliphatic rings. The Bertz CT molecular complexity index is 1310. The van der Waals surface area contributed by atoms with Gasteiger partial charge in [-0.1, -0.05) is 316 Å². The van der Waals surface area contributed by atoms with Crippen LogP contribution in [0.5, 0.6) is 0 Å². The van der Waals surface area contributed by atoms with Crippen LogP contribution in [-0.2, 0) is 27.9 Å². The van der Waals surface area contributed by atoms with E-state index in [1.165, 1.54) is 257 Å². The Kier molecular flexibility index (Phi) is 56.1. The fourth-order valence-electron chi connectivity index (χ4n) is 10.3. The molecule has 10 heteroatoms. The Hall–Kier alpha value is -1.25. The summed E-state index contributed by atoms with van der Waals surface area (Å²) in [5, 5.41) is 3.04. The quantitative estimate of drug-likeness (QED) is 0.0212. The second kappa shape index (κ2) is 57.0. The molecule has 76 heavy (non-hydrogen) atoms. The predicted molar refractivity (Wildman–Crippen MR) is 326 cm³/mol. The number of carbonyl (C=O) groups excluding carboxylic acids is 2. The Morgan fingerprint density at radius 1 is 0.447 bits per heavy atom. The number of amides is 1. The molecule has 0 aromatic heterocycles. The van der Waals surface area contributed by atoms with Gasteiger partial charge in [0.05, 0.1) is 33.8 Å². The molecule has 0 aromatic carbocycles. The Morgan fingerprint density at radius 2 is 0.750 bits per heavy atom. The second-order valence-corrected chi connectivity index (χ2v) is 25.8. The largest absolute Gasteiger partial charge is 0.756 e. The summed E-state index contributed by atoms with van der Waals surface area (Å²) >= 11 is 0. The maximum absolute atomic E-state index is 13.5. The number of likely N-dealkylation sites (N-methyl/N-ethyl adjacent to an activating group) is 1. The van der Waals surface area contributed by atoms with E-state index >= 15 is 0 Å². The molecule has 0 bridgehead atoms. The Labute approximate surface area is 473 Å². The number of hydrogen-bond donors (Lipinski definition) is 1. The minimum absolute atomic E-state index is 0.0168. The van der Waals surface area contributed by atoms with Gasteiger partial charge in [0.2, 0.25) is 5.91 Å². The van der Waals surface area contributed by atoms with Crippen LogP contribution in [0.3, 0.4) is 0 Å². The second-order valence-electron chi connectivity index (χ2n) is 24.3. The number of esters is 1. The molecule has 0 heterocycles. The first kappa shape index (κ1) is 74.8. The Balaban J connectivity index is 4.97. The number of carbonyl (C=O) groups is 2. The molecule has 0 fully saturated rings. The third kappa shape index (κ3) is 57.4. The lowest BCUT2D eigenvalue weighted by molar-refractivity contribution is -0.870. The lowest BCUT2D eigenvalue weighted by atomic mass is 10.0. The average Bonchev–Trinajstić information content (AvgIpc) is 3.38. The Morgan fingerprint density at radius 3 is 1.08 bits per heavy atom. The molecule has 9 nitrogen and oxygen atoms in total. The summed E-state index contributed by atoms with van der Waals surface area (Å²) in [5.74, 6) is -0.518. The van der Waals surface area contributed by atoms with Crippen molar-refractivity contribution in [3.05, 3.63) is 12.2 Å². The molecular weight excluding hydrogens is 964 g/mol. The predicted octanol–water partition coefficient (Wildman–Crippen LogP) is 20.1. The maximum Gasteiger partial charge on any atom is 0.306 e. The summed E-state index contributed by atoms with van der Waals surface area (Å²) in [6.45, 7) is 6.90. The molecule has 0 aliphatic heterocycles. The van der Waals surface area contributed by atoms with E-state index in [-0.39, 0.29) is 31.5 Å². The van der Waals surface area contributed by atoms with Gasteiger partial charge < -0.3 is 28.5 Å². The van der Waals surface area contributed by atoms with Gasteiger partial charge >= 0.3 is 5.97 Å². The highest BCUT2D eigenvalue weighted by atomic mass is 31.2. The number of hydrogen-bond acceptors (Lipinski definition) is 7. The average molecular weight is 1100 g/mol. The van der Waals surface area contributed by atoms with E-state index in [4.69, 9.17) is 13.8 Å². The van der Waals surface area contributed by atoms with Crippen LogP contribution in [0.4, 0.5) is 0 Å². The minimum Gasteiger partial charge on any atom is -0.756 e. The number of phosphoric ester groups is 1. The van der Waals surface area contributed by atoms with E-state index in [1.54, 1.807) is 0 Å². The van der Waals surface area contributed by atoms with Gasteiger partial charge in [0.1, 0.15) is 19.3 Å². The molecule has 452 valence electrons. The first-order valence-electron chi connectivity index (χ1n) is 33.5. The van der Waals surface area contributed by atoms with Crippen LogP contribution in [0.25, 0.3) is 0 Å². The molecule has 0 spiro atoms. The molecule has 0 radical (unpaired) electrons. The number of phosphoric acid groups is 1. The summed E-state index contributed by atoms with van der Waals surface area (Å²) in [6, 6.07) is -0.879. The molecule has 0 saturated carbocycles. The van der Waals surface area contributed by atoms with Crippen molar-refractivity contribution in [1.82, 2.24) is 5.32 Å². The third-order valence-electron chi connectivity index (χ3n) is 15.5. The van der Waals surface area contributed by atoms with E-state index in [2.05, 4.69) is 26.1 Å². The molecule has 3 unspecified atom stereocenters. The van der Waals surface area contributed by atoms with Crippen molar-refractivity contribution in [2.24, 2.45) is 0 Å². The molecule has 1 N–H and O–H groups in total. The summed E-state index contributed by atoms with van der Waals surface area (Å²) in [4.78, 5) is 40.0. The van der Waals surface area contributed by atoms with E-state index in [1.807, 2.05) is 33.3 Å². The van der Waals surface area contributed by atoms with Gasteiger partial charge in [-0.15, -0.1) is 0 Å². The normalized spacial score (nSPS) is 13.6. The van der Waals surface area contributed by atoms with Crippen molar-refractivity contribution in [2.75, 3.05) is 40.9 Å². The molecule has 0 aliphatic carbocycles. The van der Waals surface area contributed by atoms with E-state index in [0.717, 1.165) is 57.8 Å². The van der Waals surface area contributed by atoms with E-state index in [0.29, 0.717) is 17.4 Å². The van der Waals surface area contributed by atoms with Gasteiger partial charge in [-0.3, -0.25) is 14.2 Å². The van der Waals surface area contributed by atoms with Crippen LogP contribution < -0.4 is 10.2 Å². The number of ether oxygens (including phenoxy) is 1. The van der Waals surface area contributed by atoms with Crippen LogP contribution in [0.1, 0.15) is 348 Å². The lowest BCUT2D eigenvalue weighted by Gasteiger charge is -2.30. The number of nitrogens with one attached hydrogen (secondary N) is 1. The van der Waals surface area contributed by atoms with Crippen molar-refractivity contribution >= 4 is 19.7 Å². The molecule has 0 saturated heterocycles. The number of allylic oxidation sites excluding steroid dienone is 1. The first-order chi connectivity index (χ1) is 36.9. The van der Waals surface area contributed by atoms with Crippen LogP contribution in [0, 0.1) is 0 Å². The fraction of sp³-hybridized carbons (Fsp3) is 0.939. The number of quaternary nitrogens is 1. The highest BCUT2D eigenvalue weighted by Crippen LogP contribution is 2.38. The molecule has 0 rings (SSSR count). The smallest absolute Gasteiger partial charge is 0.306 e. The summed E-state index contributed by atoms with van der Waals surface area (Å²) in [5.41, 5.74) is 0. The molecule has 1 amide bonds. The number of nitrogens with zero attached hydrogens (tertiary/aromatic N) is 1. The highest BCUT2D eigenvalue weighted by Gasteiger charge is 2.27. The summed E-state index contributed by atoms with van der Waals surface area (Å²) in [7, 11) is 1.21. The van der Waals surface area contributed by atoms with Crippen molar-refractivity contribution < 1.29 is 37.3 Å². The van der Waals surface area contributed by atoms with Gasteiger partial charge in [0.15, 0.2) is 0 Å². The van der Waals surface area contributed by atoms with Crippen LogP contribution >= 0.6 is 7.82 Å². The number of rotatable bonds is 62. The molecule has 3 atom stereocenters. The monoisotopic (exact) mass is 1090 g/mol. The van der Waals surface area contributed by atoms with E-state index < -0.39 is 20.0 Å².